The maximum atomic E-state index is 8.56. The molecule has 0 aliphatic carbocycles. The van der Waals surface area contributed by atoms with Crippen LogP contribution in [0.3, 0.4) is 0 Å². The molecule has 0 saturated heterocycles. The minimum atomic E-state index is -1.83. The van der Waals surface area contributed by atoms with Gasteiger partial charge in [-0.2, -0.15) is 0 Å². The van der Waals surface area contributed by atoms with Crippen LogP contribution in [0.2, 0.25) is 0 Å². The van der Waals surface area contributed by atoms with Crippen molar-refractivity contribution in [2.24, 2.45) is 0 Å². The van der Waals surface area contributed by atoms with Gasteiger partial charge in [0.05, 0.1) is 0 Å². The Labute approximate surface area is 67.5 Å². The second-order valence-electron chi connectivity index (χ2n) is 0.283. The Balaban J connectivity index is -0.0000000450. The second-order valence-corrected chi connectivity index (χ2v) is 0.283. The van der Waals surface area contributed by atoms with Crippen LogP contribution in [0, 0.1) is 0 Å². The molecule has 33 valence electrons. The van der Waals surface area contributed by atoms with E-state index in [1.54, 1.807) is 0 Å². The summed E-state index contributed by atoms with van der Waals surface area (Å²) in [5.41, 5.74) is 0. The van der Waals surface area contributed by atoms with E-state index in [-0.39, 0.29) is 46.6 Å². The number of carbonyl (C=O) groups is 1. The van der Waals surface area contributed by atoms with Gasteiger partial charge in [-0.25, -0.2) is 4.79 Å². The van der Waals surface area contributed by atoms with Crippen molar-refractivity contribution in [3.8, 4) is 0 Å². The van der Waals surface area contributed by atoms with Crippen molar-refractivity contribution in [1.82, 2.24) is 0 Å². The van der Waals surface area contributed by atoms with Gasteiger partial charge >= 0.3 is 35.7 Å². The summed E-state index contributed by atoms with van der Waals surface area (Å²) < 4.78 is 0. The fourth-order valence-electron chi connectivity index (χ4n) is 0. The van der Waals surface area contributed by atoms with Gasteiger partial charge < -0.3 is 10.2 Å². The molecule has 0 unspecified atom stereocenters. The summed E-state index contributed by atoms with van der Waals surface area (Å²) in [5.74, 6) is 0. The summed E-state index contributed by atoms with van der Waals surface area (Å²) >= 11 is 0. The van der Waals surface area contributed by atoms with Crippen LogP contribution in [0.1, 0.15) is 0 Å². The van der Waals surface area contributed by atoms with Crippen molar-refractivity contribution in [3.63, 3.8) is 0 Å². The van der Waals surface area contributed by atoms with Crippen LogP contribution in [0.5, 0.6) is 0 Å². The molecular weight excluding hydrogens is 138 g/mol. The summed E-state index contributed by atoms with van der Waals surface area (Å²) in [5, 5.41) is 13.9. The van der Waals surface area contributed by atoms with Crippen molar-refractivity contribution in [1.29, 1.82) is 0 Å². The Bertz CT molecular complexity index is 33.8. The van der Waals surface area contributed by atoms with Crippen molar-refractivity contribution in [2.75, 3.05) is 0 Å². The van der Waals surface area contributed by atoms with Gasteiger partial charge in [0, 0.05) is 17.1 Å². The second kappa shape index (κ2) is 9.25. The quantitative estimate of drug-likeness (QED) is 0.450. The molecule has 5 heteroatoms. The third-order valence-electron chi connectivity index (χ3n) is 0. The minimum absolute atomic E-state index is 0. The predicted octanol–water partition coefficient (Wildman–Crippen LogP) is -0.429. The molecule has 0 bridgehead atoms. The van der Waals surface area contributed by atoms with Crippen LogP contribution >= 0.6 is 0 Å². The Morgan fingerprint density at radius 3 is 1.33 bits per heavy atom. The monoisotopic (exact) mass is 141 g/mol. The van der Waals surface area contributed by atoms with Gasteiger partial charge in [0.1, 0.15) is 0 Å². The van der Waals surface area contributed by atoms with Crippen LogP contribution < -0.4 is 0 Å². The van der Waals surface area contributed by atoms with E-state index in [0.29, 0.717) is 0 Å². The van der Waals surface area contributed by atoms with E-state index in [9.17, 15) is 0 Å². The molecule has 3 nitrogen and oxygen atoms in total. The molecule has 0 saturated carbocycles. The Hall–Kier alpha value is 0.789. The number of hydrogen-bond donors (Lipinski definition) is 2. The third kappa shape index (κ3) is 110. The van der Waals surface area contributed by atoms with E-state index in [1.807, 2.05) is 0 Å². The Kier molecular flexibility index (Phi) is 24.4. The van der Waals surface area contributed by atoms with Gasteiger partial charge in [-0.1, -0.05) is 0 Å². The maximum absolute atomic E-state index is 8.56. The van der Waals surface area contributed by atoms with E-state index in [2.05, 4.69) is 0 Å². The molecule has 0 aromatic carbocycles. The Morgan fingerprint density at radius 2 is 1.33 bits per heavy atom. The van der Waals surface area contributed by atoms with Crippen molar-refractivity contribution in [3.05, 3.63) is 0 Å². The Morgan fingerprint density at radius 1 is 1.33 bits per heavy atom. The van der Waals surface area contributed by atoms with Gasteiger partial charge in [0.25, 0.3) is 0 Å². The van der Waals surface area contributed by atoms with Gasteiger partial charge in [0.15, 0.2) is 0 Å². The molecule has 0 aliphatic heterocycles. The molecule has 0 fully saturated rings. The first-order valence-corrected chi connectivity index (χ1v) is 0.651. The SMILES string of the molecule is O=C(O)O.[Mn].[NaH]. The van der Waals surface area contributed by atoms with Crippen molar-refractivity contribution >= 4 is 35.7 Å². The van der Waals surface area contributed by atoms with Crippen LogP contribution in [0.4, 0.5) is 4.79 Å². The molecule has 0 aliphatic rings. The van der Waals surface area contributed by atoms with Gasteiger partial charge in [-0.05, 0) is 0 Å². The first kappa shape index (κ1) is 15.8. The van der Waals surface area contributed by atoms with Crippen LogP contribution in [0.15, 0.2) is 0 Å². The molecule has 2 N–H and O–H groups in total. The third-order valence-corrected chi connectivity index (χ3v) is 0. The molecule has 6 heavy (non-hydrogen) atoms. The summed E-state index contributed by atoms with van der Waals surface area (Å²) in [6.07, 6.45) is -1.83. The van der Waals surface area contributed by atoms with Crippen LogP contribution in [0.25, 0.3) is 0 Å². The number of rotatable bonds is 0. The van der Waals surface area contributed by atoms with E-state index in [1.165, 1.54) is 0 Å². The zero-order chi connectivity index (χ0) is 3.58. The van der Waals surface area contributed by atoms with Crippen molar-refractivity contribution < 1.29 is 32.1 Å². The van der Waals surface area contributed by atoms with E-state index in [4.69, 9.17) is 15.0 Å². The average Bonchev–Trinajstić information content (AvgIpc) is 0.811. The van der Waals surface area contributed by atoms with Crippen molar-refractivity contribution in [2.45, 2.75) is 0 Å². The summed E-state index contributed by atoms with van der Waals surface area (Å²) in [6, 6.07) is 0. The topological polar surface area (TPSA) is 57.5 Å². The average molecular weight is 141 g/mol. The molecule has 0 heterocycles. The zero-order valence-corrected chi connectivity index (χ0v) is 3.36. The molecule has 0 aromatic heterocycles. The molecule has 0 aromatic rings. The molecule has 0 rings (SSSR count). The summed E-state index contributed by atoms with van der Waals surface area (Å²) in [6.45, 7) is 0. The normalized spacial score (nSPS) is 4.00. The molecule has 0 spiro atoms. The first-order valence-electron chi connectivity index (χ1n) is 0.651. The fraction of sp³-hybridized carbons (Fsp3) is 0. The van der Waals surface area contributed by atoms with Crippen LogP contribution in [-0.4, -0.2) is 45.9 Å². The first-order chi connectivity index (χ1) is 1.73. The summed E-state index contributed by atoms with van der Waals surface area (Å²) in [7, 11) is 0. The molecule has 0 amide bonds. The van der Waals surface area contributed by atoms with Gasteiger partial charge in [-0.3, -0.25) is 0 Å². The molecule has 0 atom stereocenters. The van der Waals surface area contributed by atoms with Gasteiger partial charge in [0.2, 0.25) is 0 Å². The van der Waals surface area contributed by atoms with E-state index < -0.39 is 6.16 Å². The van der Waals surface area contributed by atoms with Crippen LogP contribution in [-0.2, 0) is 17.1 Å². The zero-order valence-electron chi connectivity index (χ0n) is 2.18. The molecule has 1 radical (unpaired) electrons. The number of carboxylic acid groups (broad SMARTS) is 2. The predicted molar refractivity (Wildman–Crippen MR) is 17.8 cm³/mol. The van der Waals surface area contributed by atoms with E-state index >= 15 is 0 Å². The molecular formula is CH3MnNaO3. The fourth-order valence-corrected chi connectivity index (χ4v) is 0. The number of hydrogen-bond acceptors (Lipinski definition) is 1. The van der Waals surface area contributed by atoms with E-state index in [0.717, 1.165) is 0 Å². The summed E-state index contributed by atoms with van der Waals surface area (Å²) in [4.78, 5) is 8.56. The van der Waals surface area contributed by atoms with Gasteiger partial charge in [-0.15, -0.1) is 0 Å². The standard InChI is InChI=1S/CH2O3.Mn.Na.H/c2-1(3)4;;;/h(H2,2,3,4);;;.